The highest BCUT2D eigenvalue weighted by Gasteiger charge is 2.64. The van der Waals surface area contributed by atoms with E-state index in [9.17, 15) is 30.0 Å². The quantitative estimate of drug-likeness (QED) is 0.117. The van der Waals surface area contributed by atoms with Gasteiger partial charge in [-0.05, 0) is 95.6 Å². The van der Waals surface area contributed by atoms with Gasteiger partial charge in [-0.15, -0.1) is 0 Å². The number of hydrogen-bond donors (Lipinski definition) is 4. The first-order valence-corrected chi connectivity index (χ1v) is 21.8. The summed E-state index contributed by atoms with van der Waals surface area (Å²) >= 11 is 0. The van der Waals surface area contributed by atoms with Gasteiger partial charge in [0.05, 0.1) is 59.8 Å². The Kier molecular flexibility index (Phi) is 14.2. The monoisotopic (exact) mass is 795 g/mol. The zero-order chi connectivity index (χ0) is 41.5. The van der Waals surface area contributed by atoms with Gasteiger partial charge < -0.3 is 48.8 Å². The molecule has 322 valence electrons. The summed E-state index contributed by atoms with van der Waals surface area (Å²) in [6.07, 6.45) is 5.17. The molecule has 0 aromatic rings. The van der Waals surface area contributed by atoms with Gasteiger partial charge in [0.1, 0.15) is 0 Å². The number of esters is 1. The SMILES string of the molecule is CC[C@@H]([C@@H](O)[C@@H](C)[C@@H](O)[C@H](C)[C@@H]1O[C@@H]([C@@H](CC)C(=O)O)CC[C@@H]1C)[C@H]1O[C@]2(C=C[C@@H](OC(C)=O)[C@]3(CC[C@@](C)([C@H]4CC[C@](O)(CC)[C@H](C)O4)O3)O2)[C@H](C)C[C@@H]1C. The van der Waals surface area contributed by atoms with Gasteiger partial charge in [0.15, 0.2) is 11.9 Å². The van der Waals surface area contributed by atoms with E-state index in [0.29, 0.717) is 51.4 Å². The molecule has 4 fully saturated rings. The van der Waals surface area contributed by atoms with Gasteiger partial charge >= 0.3 is 11.9 Å². The van der Waals surface area contributed by atoms with Crippen molar-refractivity contribution in [1.29, 1.82) is 0 Å². The second-order valence-electron chi connectivity index (χ2n) is 18.7. The number of carboxylic acids is 1. The van der Waals surface area contributed by atoms with Crippen molar-refractivity contribution in [3.05, 3.63) is 12.2 Å². The maximum absolute atomic E-state index is 12.4. The molecule has 12 nitrogen and oxygen atoms in total. The van der Waals surface area contributed by atoms with E-state index in [4.69, 9.17) is 28.4 Å². The van der Waals surface area contributed by atoms with Gasteiger partial charge in [0, 0.05) is 37.0 Å². The Morgan fingerprint density at radius 1 is 0.893 bits per heavy atom. The normalized spacial score (nSPS) is 44.9. The number of carbonyl (C=O) groups excluding carboxylic acids is 1. The highest BCUT2D eigenvalue weighted by molar-refractivity contribution is 5.70. The van der Waals surface area contributed by atoms with Crippen LogP contribution < -0.4 is 0 Å². The number of hydrogen-bond acceptors (Lipinski definition) is 11. The van der Waals surface area contributed by atoms with E-state index in [1.165, 1.54) is 6.92 Å². The summed E-state index contributed by atoms with van der Waals surface area (Å²) in [5.74, 6) is -5.71. The van der Waals surface area contributed by atoms with Gasteiger partial charge in [-0.2, -0.15) is 0 Å². The van der Waals surface area contributed by atoms with Crippen LogP contribution in [-0.2, 0) is 38.0 Å². The van der Waals surface area contributed by atoms with Crippen molar-refractivity contribution in [3.63, 3.8) is 0 Å². The van der Waals surface area contributed by atoms with Crippen molar-refractivity contribution in [2.24, 2.45) is 41.4 Å². The lowest BCUT2D eigenvalue weighted by Crippen LogP contribution is -2.63. The minimum atomic E-state index is -1.36. The maximum atomic E-state index is 12.4. The van der Waals surface area contributed by atoms with Crippen LogP contribution in [-0.4, -0.2) is 104 Å². The lowest BCUT2D eigenvalue weighted by Gasteiger charge is -2.55. The molecule has 5 aliphatic heterocycles. The second-order valence-corrected chi connectivity index (χ2v) is 18.7. The number of aliphatic hydroxyl groups is 3. The molecule has 5 heterocycles. The van der Waals surface area contributed by atoms with Crippen molar-refractivity contribution in [1.82, 2.24) is 0 Å². The third-order valence-electron chi connectivity index (χ3n) is 15.0. The molecule has 56 heavy (non-hydrogen) atoms. The van der Waals surface area contributed by atoms with Gasteiger partial charge in [0.2, 0.25) is 5.79 Å². The number of aliphatic carboxylic acids is 1. The zero-order valence-electron chi connectivity index (χ0n) is 35.9. The first kappa shape index (κ1) is 45.4. The Hall–Kier alpha value is -1.64. The van der Waals surface area contributed by atoms with E-state index < -0.39 is 77.1 Å². The minimum absolute atomic E-state index is 0.0461. The molecule has 0 radical (unpaired) electrons. The predicted octanol–water partition coefficient (Wildman–Crippen LogP) is 6.55. The molecular weight excluding hydrogens is 720 g/mol. The predicted molar refractivity (Wildman–Crippen MR) is 209 cm³/mol. The van der Waals surface area contributed by atoms with Gasteiger partial charge in [-0.1, -0.05) is 55.4 Å². The topological polar surface area (TPSA) is 170 Å². The second kappa shape index (κ2) is 17.5. The van der Waals surface area contributed by atoms with E-state index >= 15 is 0 Å². The lowest BCUT2D eigenvalue weighted by atomic mass is 9.72. The fraction of sp³-hybridized carbons (Fsp3) is 0.909. The van der Waals surface area contributed by atoms with E-state index in [0.717, 1.165) is 12.8 Å². The van der Waals surface area contributed by atoms with Crippen LogP contribution in [0.3, 0.4) is 0 Å². The average molecular weight is 795 g/mol. The van der Waals surface area contributed by atoms with Crippen molar-refractivity contribution < 1.29 is 58.4 Å². The average Bonchev–Trinajstić information content (AvgIpc) is 3.49. The summed E-state index contributed by atoms with van der Waals surface area (Å²) in [7, 11) is 0. The largest absolute Gasteiger partial charge is 0.481 e. The molecule has 12 heteroatoms. The van der Waals surface area contributed by atoms with Crippen LogP contribution in [0.25, 0.3) is 0 Å². The zero-order valence-corrected chi connectivity index (χ0v) is 35.9. The molecule has 0 aromatic carbocycles. The van der Waals surface area contributed by atoms with Crippen LogP contribution in [0.1, 0.15) is 140 Å². The lowest BCUT2D eigenvalue weighted by molar-refractivity contribution is -0.411. The van der Waals surface area contributed by atoms with Crippen LogP contribution in [0.2, 0.25) is 0 Å². The van der Waals surface area contributed by atoms with E-state index in [-0.39, 0.29) is 47.9 Å². The Bertz CT molecular complexity index is 1390. The van der Waals surface area contributed by atoms with Crippen molar-refractivity contribution in [2.45, 2.75) is 212 Å². The Morgan fingerprint density at radius 2 is 1.59 bits per heavy atom. The summed E-state index contributed by atoms with van der Waals surface area (Å²) in [4.78, 5) is 24.4. The smallest absolute Gasteiger partial charge is 0.309 e. The summed E-state index contributed by atoms with van der Waals surface area (Å²) in [5.41, 5.74) is -1.68. The molecule has 5 aliphatic rings. The fourth-order valence-corrected chi connectivity index (χ4v) is 11.0. The number of ether oxygens (including phenoxy) is 6. The molecule has 5 rings (SSSR count). The van der Waals surface area contributed by atoms with Gasteiger partial charge in [0.25, 0.3) is 0 Å². The van der Waals surface area contributed by atoms with Crippen LogP contribution >= 0.6 is 0 Å². The first-order valence-electron chi connectivity index (χ1n) is 21.8. The molecule has 2 spiro atoms. The first-order chi connectivity index (χ1) is 26.2. The van der Waals surface area contributed by atoms with Crippen LogP contribution in [0, 0.1) is 41.4 Å². The Balaban J connectivity index is 1.36. The molecule has 0 unspecified atom stereocenters. The van der Waals surface area contributed by atoms with E-state index in [1.54, 1.807) is 0 Å². The van der Waals surface area contributed by atoms with Crippen LogP contribution in [0.5, 0.6) is 0 Å². The maximum Gasteiger partial charge on any atom is 0.309 e. The van der Waals surface area contributed by atoms with Crippen molar-refractivity contribution in [3.8, 4) is 0 Å². The number of aliphatic hydroxyl groups excluding tert-OH is 2. The Morgan fingerprint density at radius 3 is 2.18 bits per heavy atom. The molecule has 0 aliphatic carbocycles. The molecule has 0 saturated carbocycles. The molecule has 4 saturated heterocycles. The molecule has 0 amide bonds. The Labute approximate surface area is 335 Å². The minimum Gasteiger partial charge on any atom is -0.481 e. The van der Waals surface area contributed by atoms with Crippen molar-refractivity contribution in [2.75, 3.05) is 0 Å². The number of carbonyl (C=O) groups is 2. The molecule has 0 aromatic heterocycles. The molecule has 0 bridgehead atoms. The van der Waals surface area contributed by atoms with Crippen LogP contribution in [0.15, 0.2) is 12.2 Å². The summed E-state index contributed by atoms with van der Waals surface area (Å²) in [6, 6.07) is 0. The van der Waals surface area contributed by atoms with Crippen molar-refractivity contribution >= 4 is 11.9 Å². The summed E-state index contributed by atoms with van der Waals surface area (Å²) in [5, 5.41) is 44.9. The van der Waals surface area contributed by atoms with Gasteiger partial charge in [-0.25, -0.2) is 0 Å². The highest BCUT2D eigenvalue weighted by Crippen LogP contribution is 2.55. The number of rotatable bonds is 13. The van der Waals surface area contributed by atoms with E-state index in [1.807, 2.05) is 60.6 Å². The molecular formula is C44H74O12. The fourth-order valence-electron chi connectivity index (χ4n) is 11.0. The standard InChI is InChI=1S/C44H74O12/c1-12-31(40(48)49)33-16-15-24(4)38(53-33)28(8)36(46)27(7)37(47)32(13-2)39-25(5)23-26(6)43(54-39)20-18-35(52-30(10)45)44(56-43)22-21-41(11,55-44)34-17-19-42(50,14-3)29(9)51-34/h18,20,24-29,31-39,46-47,50H,12-17,19,21-23H2,1-11H3,(H,48,49)/t24-,25-,26+,27-,28-,29-,31+,32-,33+,34+,35+,36+,37-,38+,39-,41-,42+,43-,44-/m0/s1. The third-order valence-corrected chi connectivity index (χ3v) is 15.0. The van der Waals surface area contributed by atoms with Crippen LogP contribution in [0.4, 0.5) is 0 Å². The molecule has 19 atom stereocenters. The molecule has 4 N–H and O–H groups in total. The highest BCUT2D eigenvalue weighted by atomic mass is 16.8. The number of carboxylic acid groups (broad SMARTS) is 1. The van der Waals surface area contributed by atoms with E-state index in [2.05, 4.69) is 20.8 Å². The third kappa shape index (κ3) is 8.65. The summed E-state index contributed by atoms with van der Waals surface area (Å²) < 4.78 is 40.0. The summed E-state index contributed by atoms with van der Waals surface area (Å²) in [6.45, 7) is 21.2. The van der Waals surface area contributed by atoms with Gasteiger partial charge in [-0.3, -0.25) is 9.59 Å².